The van der Waals surface area contributed by atoms with E-state index in [0.717, 1.165) is 11.1 Å². The topological polar surface area (TPSA) is 52.9 Å². The molecular weight excluding hydrogens is 525 g/mol. The number of nitrogens with zero attached hydrogens (tertiary/aromatic N) is 2. The van der Waals surface area contributed by atoms with Crippen molar-refractivity contribution in [1.82, 2.24) is 5.01 Å². The third-order valence-corrected chi connectivity index (χ3v) is 8.37. The van der Waals surface area contributed by atoms with Crippen molar-refractivity contribution in [3.63, 3.8) is 0 Å². The summed E-state index contributed by atoms with van der Waals surface area (Å²) in [6.07, 6.45) is -4.76. The summed E-state index contributed by atoms with van der Waals surface area (Å²) in [7, 11) is 0. The fourth-order valence-electron chi connectivity index (χ4n) is 6.46. The van der Waals surface area contributed by atoms with Crippen LogP contribution in [0, 0.1) is 19.8 Å². The molecule has 1 fully saturated rings. The van der Waals surface area contributed by atoms with Crippen LogP contribution in [0.1, 0.15) is 50.1 Å². The molecule has 0 radical (unpaired) electrons. The Kier molecular flexibility index (Phi) is 6.57. The number of aliphatic hydroxyl groups is 1. The number of carbonyl (C=O) groups excluding carboxylic acids is 1. The van der Waals surface area contributed by atoms with Crippen LogP contribution in [0.5, 0.6) is 0 Å². The number of ketones is 1. The SMILES string of the molecule is Cc1ccc([C@@H]2C(C(=O)c3ccccc3)[C@](O)(c3ccccc3)C3[C@H](c4ccc(C)cc4)C(C(F)(F)F)=NN32)cc1. The van der Waals surface area contributed by atoms with Crippen LogP contribution in [0.15, 0.2) is 114 Å². The maximum Gasteiger partial charge on any atom is 0.431 e. The average molecular weight is 555 g/mol. The lowest BCUT2D eigenvalue weighted by molar-refractivity contribution is -0.0631. The highest BCUT2D eigenvalue weighted by atomic mass is 19.4. The molecule has 4 aromatic carbocycles. The van der Waals surface area contributed by atoms with E-state index in [1.165, 1.54) is 5.01 Å². The molecule has 2 unspecified atom stereocenters. The Bertz CT molecular complexity index is 1590. The first kappa shape index (κ1) is 27.0. The standard InChI is InChI=1S/C34H29F3N2O2/c1-21-13-17-23(18-14-21)27-31(34(35,36)37)38-39-29(24-19-15-22(2)16-20-24)28(30(40)25-9-5-3-6-10-25)33(41,32(27)39)26-11-7-4-8-12-26/h3-20,27-29,32,41H,1-2H3/t27-,28?,29-,32?,33-/m1/s1. The molecule has 4 nitrogen and oxygen atoms in total. The minimum absolute atomic E-state index is 0.358. The zero-order chi connectivity index (χ0) is 28.9. The number of rotatable bonds is 5. The van der Waals surface area contributed by atoms with Gasteiger partial charge in [-0.3, -0.25) is 9.80 Å². The molecule has 0 aromatic heterocycles. The summed E-state index contributed by atoms with van der Waals surface area (Å²) in [5.74, 6) is -2.84. The third-order valence-electron chi connectivity index (χ3n) is 8.37. The van der Waals surface area contributed by atoms with Gasteiger partial charge in [0.1, 0.15) is 5.60 Å². The Balaban J connectivity index is 1.65. The van der Waals surface area contributed by atoms with Gasteiger partial charge in [0.15, 0.2) is 11.5 Å². The maximum absolute atomic E-state index is 14.7. The second kappa shape index (κ2) is 10.00. The van der Waals surface area contributed by atoms with Gasteiger partial charge in [0, 0.05) is 5.56 Å². The summed E-state index contributed by atoms with van der Waals surface area (Å²) in [4.78, 5) is 14.4. The summed E-state index contributed by atoms with van der Waals surface area (Å²) in [5, 5.41) is 18.6. The van der Waals surface area contributed by atoms with Crippen molar-refractivity contribution in [2.24, 2.45) is 11.0 Å². The highest BCUT2D eigenvalue weighted by molar-refractivity contribution is 6.02. The Morgan fingerprint density at radius 2 is 1.29 bits per heavy atom. The fraction of sp³-hybridized carbons (Fsp3) is 0.235. The molecule has 0 amide bonds. The molecule has 208 valence electrons. The van der Waals surface area contributed by atoms with E-state index in [1.807, 2.05) is 26.0 Å². The summed E-state index contributed by atoms with van der Waals surface area (Å²) in [6.45, 7) is 3.78. The van der Waals surface area contributed by atoms with Crippen LogP contribution >= 0.6 is 0 Å². The summed E-state index contributed by atoms with van der Waals surface area (Å²) in [6, 6.07) is 29.2. The number of Topliss-reactive ketones (excluding diaryl/α,β-unsaturated/α-hetero) is 1. The largest absolute Gasteiger partial charge is 0.431 e. The first-order valence-corrected chi connectivity index (χ1v) is 13.5. The van der Waals surface area contributed by atoms with Crippen molar-refractivity contribution in [3.8, 4) is 0 Å². The van der Waals surface area contributed by atoms with Crippen LogP contribution < -0.4 is 0 Å². The van der Waals surface area contributed by atoms with E-state index in [9.17, 15) is 23.1 Å². The predicted molar refractivity (Wildman–Crippen MR) is 152 cm³/mol. The Morgan fingerprint density at radius 3 is 1.83 bits per heavy atom. The summed E-state index contributed by atoms with van der Waals surface area (Å²) < 4.78 is 44.2. The van der Waals surface area contributed by atoms with Gasteiger partial charge in [-0.05, 0) is 30.5 Å². The number of aryl methyl sites for hydroxylation is 2. The summed E-state index contributed by atoms with van der Waals surface area (Å²) in [5.41, 5.74) is 0.589. The lowest BCUT2D eigenvalue weighted by atomic mass is 9.68. The first-order valence-electron chi connectivity index (χ1n) is 13.5. The van der Waals surface area contributed by atoms with Gasteiger partial charge in [-0.1, -0.05) is 120 Å². The van der Waals surface area contributed by atoms with Gasteiger partial charge in [-0.25, -0.2) is 0 Å². The molecule has 0 bridgehead atoms. The highest BCUT2D eigenvalue weighted by Gasteiger charge is 2.69. The van der Waals surface area contributed by atoms with Gasteiger partial charge in [-0.2, -0.15) is 18.3 Å². The van der Waals surface area contributed by atoms with Crippen LogP contribution in [0.4, 0.5) is 13.2 Å². The molecule has 5 atom stereocenters. The molecule has 0 saturated carbocycles. The van der Waals surface area contributed by atoms with Gasteiger partial charge in [0.05, 0.1) is 23.9 Å². The molecule has 0 spiro atoms. The molecule has 6 rings (SSSR count). The van der Waals surface area contributed by atoms with Crippen LogP contribution in [-0.4, -0.2) is 33.8 Å². The number of benzene rings is 4. The minimum Gasteiger partial charge on any atom is -0.382 e. The second-order valence-corrected chi connectivity index (χ2v) is 11.0. The van der Waals surface area contributed by atoms with Crippen LogP contribution in [0.3, 0.4) is 0 Å². The van der Waals surface area contributed by atoms with E-state index in [2.05, 4.69) is 5.10 Å². The Labute approximate surface area is 236 Å². The number of hydrazone groups is 1. The molecule has 41 heavy (non-hydrogen) atoms. The van der Waals surface area contributed by atoms with Gasteiger partial charge < -0.3 is 5.11 Å². The molecule has 0 aliphatic carbocycles. The Morgan fingerprint density at radius 1 is 0.780 bits per heavy atom. The van der Waals surface area contributed by atoms with Crippen LogP contribution in [0.25, 0.3) is 0 Å². The lowest BCUT2D eigenvalue weighted by Gasteiger charge is -2.37. The van der Waals surface area contributed by atoms with Crippen LogP contribution in [-0.2, 0) is 5.60 Å². The molecule has 1 N–H and O–H groups in total. The van der Waals surface area contributed by atoms with Crippen LogP contribution in [0.2, 0.25) is 0 Å². The third kappa shape index (κ3) is 4.45. The van der Waals surface area contributed by atoms with E-state index < -0.39 is 41.4 Å². The number of hydrogen-bond acceptors (Lipinski definition) is 4. The lowest BCUT2D eigenvalue weighted by Crippen LogP contribution is -2.49. The Hall–Kier alpha value is -4.23. The molecule has 2 heterocycles. The first-order chi connectivity index (χ1) is 19.6. The zero-order valence-electron chi connectivity index (χ0n) is 22.6. The van der Waals surface area contributed by atoms with Crippen molar-refractivity contribution < 1.29 is 23.1 Å². The quantitative estimate of drug-likeness (QED) is 0.267. The molecule has 1 saturated heterocycles. The van der Waals surface area contributed by atoms with Crippen molar-refractivity contribution in [1.29, 1.82) is 0 Å². The number of fused-ring (bicyclic) bond motifs is 1. The van der Waals surface area contributed by atoms with Gasteiger partial charge >= 0.3 is 6.18 Å². The minimum atomic E-state index is -4.76. The van der Waals surface area contributed by atoms with Crippen molar-refractivity contribution in [3.05, 3.63) is 143 Å². The van der Waals surface area contributed by atoms with E-state index in [1.54, 1.807) is 97.1 Å². The van der Waals surface area contributed by atoms with E-state index in [0.29, 0.717) is 22.3 Å². The second-order valence-electron chi connectivity index (χ2n) is 11.0. The van der Waals surface area contributed by atoms with Crippen molar-refractivity contribution >= 4 is 11.5 Å². The van der Waals surface area contributed by atoms with E-state index in [4.69, 9.17) is 0 Å². The van der Waals surface area contributed by atoms with Gasteiger partial charge in [0.25, 0.3) is 0 Å². The maximum atomic E-state index is 14.7. The molecule has 2 aliphatic rings. The van der Waals surface area contributed by atoms with Gasteiger partial charge in [-0.15, -0.1) is 0 Å². The summed E-state index contributed by atoms with van der Waals surface area (Å²) >= 11 is 0. The van der Waals surface area contributed by atoms with Crippen molar-refractivity contribution in [2.45, 2.75) is 43.6 Å². The fourth-order valence-corrected chi connectivity index (χ4v) is 6.46. The van der Waals surface area contributed by atoms with Gasteiger partial charge in [0.2, 0.25) is 0 Å². The molecule has 7 heteroatoms. The predicted octanol–water partition coefficient (Wildman–Crippen LogP) is 7.13. The zero-order valence-corrected chi connectivity index (χ0v) is 22.6. The number of halogens is 3. The number of carbonyl (C=O) groups is 1. The average Bonchev–Trinajstić information content (AvgIpc) is 3.49. The highest BCUT2D eigenvalue weighted by Crippen LogP contribution is 2.60. The van der Waals surface area contributed by atoms with E-state index >= 15 is 0 Å². The monoisotopic (exact) mass is 554 g/mol. The molecule has 2 aliphatic heterocycles. The molecule has 4 aromatic rings. The smallest absolute Gasteiger partial charge is 0.382 e. The molecular formula is C34H29F3N2O2. The normalized spacial score (nSPS) is 25.6. The van der Waals surface area contributed by atoms with E-state index in [-0.39, 0.29) is 5.78 Å². The number of hydrogen-bond donors (Lipinski definition) is 1. The van der Waals surface area contributed by atoms with Crippen molar-refractivity contribution in [2.75, 3.05) is 0 Å². The number of alkyl halides is 3.